The molecule has 6 heteroatoms. The molecule has 39 heavy (non-hydrogen) atoms. The fraction of sp³-hybridized carbons (Fsp3) is 0.394. The quantitative estimate of drug-likeness (QED) is 0.297. The number of likely N-dealkylation sites (tertiary alicyclic amines) is 1. The van der Waals surface area contributed by atoms with Crippen LogP contribution in [0.25, 0.3) is 11.1 Å². The molecule has 0 amide bonds. The van der Waals surface area contributed by atoms with Crippen LogP contribution < -0.4 is 4.74 Å². The number of benzene rings is 3. The van der Waals surface area contributed by atoms with Gasteiger partial charge in [-0.15, -0.1) is 0 Å². The second kappa shape index (κ2) is 12.0. The van der Waals surface area contributed by atoms with E-state index in [1.54, 1.807) is 0 Å². The first-order valence-electron chi connectivity index (χ1n) is 13.8. The van der Waals surface area contributed by atoms with Gasteiger partial charge in [-0.2, -0.15) is 0 Å². The first-order chi connectivity index (χ1) is 18.7. The predicted molar refractivity (Wildman–Crippen MR) is 160 cm³/mol. The van der Waals surface area contributed by atoms with Crippen molar-refractivity contribution in [1.29, 1.82) is 0 Å². The summed E-state index contributed by atoms with van der Waals surface area (Å²) in [7, 11) is 0. The van der Waals surface area contributed by atoms with E-state index in [9.17, 15) is 9.50 Å². The molecular formula is C33H36Cl2FNO2. The molecule has 0 spiro atoms. The van der Waals surface area contributed by atoms with Crippen molar-refractivity contribution in [3.8, 4) is 5.75 Å². The molecule has 1 heterocycles. The zero-order valence-corrected chi connectivity index (χ0v) is 24.2. The van der Waals surface area contributed by atoms with E-state index in [1.165, 1.54) is 11.1 Å². The molecule has 1 atom stereocenters. The summed E-state index contributed by atoms with van der Waals surface area (Å²) in [6.45, 7) is 5.95. The molecule has 0 radical (unpaired) electrons. The third kappa shape index (κ3) is 6.52. The van der Waals surface area contributed by atoms with Crippen LogP contribution in [0.5, 0.6) is 5.75 Å². The minimum absolute atomic E-state index is 0.122. The van der Waals surface area contributed by atoms with Crippen LogP contribution in [0.2, 0.25) is 10.0 Å². The average molecular weight is 569 g/mol. The van der Waals surface area contributed by atoms with Crippen LogP contribution in [0, 0.1) is 0 Å². The first kappa shape index (κ1) is 28.2. The molecule has 1 aliphatic carbocycles. The Morgan fingerprint density at radius 3 is 2.49 bits per heavy atom. The largest absolute Gasteiger partial charge is 0.489 e. The number of aliphatic hydroxyl groups is 1. The summed E-state index contributed by atoms with van der Waals surface area (Å²) in [5.41, 5.74) is 6.83. The lowest BCUT2D eigenvalue weighted by Crippen LogP contribution is -2.26. The Bertz CT molecular complexity index is 1350. The van der Waals surface area contributed by atoms with Crippen LogP contribution in [-0.4, -0.2) is 42.4 Å². The highest BCUT2D eigenvalue weighted by atomic mass is 35.5. The molecule has 1 aliphatic heterocycles. The second-order valence-electron chi connectivity index (χ2n) is 11.2. The van der Waals surface area contributed by atoms with Crippen molar-refractivity contribution in [2.75, 3.05) is 26.3 Å². The normalized spacial score (nSPS) is 18.3. The van der Waals surface area contributed by atoms with E-state index in [0.717, 1.165) is 78.9 Å². The van der Waals surface area contributed by atoms with Gasteiger partial charge in [0, 0.05) is 29.7 Å². The summed E-state index contributed by atoms with van der Waals surface area (Å²) in [4.78, 5) is 2.27. The molecule has 0 aromatic heterocycles. The standard InChI is InChI=1S/C33H36Cl2FNO2/c1-33(2,38)24-9-13-28-23(19-24)5-3-6-30(29-14-10-25(34)20-31(29)35)32(28)22-7-11-26(12-8-22)39-27-15-18-37(21-27)17-4-16-36/h7-14,19-20,27,38H,3-6,15-18,21H2,1-2H3. The van der Waals surface area contributed by atoms with Gasteiger partial charge in [0.2, 0.25) is 0 Å². The number of ether oxygens (including phenoxy) is 1. The minimum Gasteiger partial charge on any atom is -0.489 e. The lowest BCUT2D eigenvalue weighted by atomic mass is 9.86. The summed E-state index contributed by atoms with van der Waals surface area (Å²) in [5.74, 6) is 0.842. The van der Waals surface area contributed by atoms with Crippen molar-refractivity contribution in [2.24, 2.45) is 0 Å². The van der Waals surface area contributed by atoms with Gasteiger partial charge in [-0.3, -0.25) is 9.29 Å². The van der Waals surface area contributed by atoms with Crippen molar-refractivity contribution >= 4 is 34.3 Å². The fourth-order valence-corrected chi connectivity index (χ4v) is 6.30. The lowest BCUT2D eigenvalue weighted by Gasteiger charge is -2.22. The number of nitrogens with zero attached hydrogens (tertiary/aromatic N) is 1. The number of hydrogen-bond donors (Lipinski definition) is 1. The molecule has 3 aromatic carbocycles. The summed E-state index contributed by atoms with van der Waals surface area (Å²) in [6.07, 6.45) is 4.42. The maximum absolute atomic E-state index is 12.6. The van der Waals surface area contributed by atoms with Gasteiger partial charge >= 0.3 is 0 Å². The van der Waals surface area contributed by atoms with Gasteiger partial charge in [0.25, 0.3) is 0 Å². The van der Waals surface area contributed by atoms with Crippen LogP contribution in [-0.2, 0) is 12.0 Å². The van der Waals surface area contributed by atoms with Gasteiger partial charge in [0.1, 0.15) is 11.9 Å². The van der Waals surface area contributed by atoms with Crippen molar-refractivity contribution in [2.45, 2.75) is 57.7 Å². The van der Waals surface area contributed by atoms with Crippen molar-refractivity contribution < 1.29 is 14.2 Å². The summed E-state index contributed by atoms with van der Waals surface area (Å²) < 4.78 is 18.9. The highest BCUT2D eigenvalue weighted by Crippen LogP contribution is 2.43. The Labute approximate surface area is 241 Å². The molecule has 5 rings (SSSR count). The Morgan fingerprint density at radius 2 is 1.77 bits per heavy atom. The monoisotopic (exact) mass is 567 g/mol. The molecule has 3 nitrogen and oxygen atoms in total. The van der Waals surface area contributed by atoms with E-state index >= 15 is 0 Å². The number of allylic oxidation sites excluding steroid dienone is 1. The third-order valence-electron chi connectivity index (χ3n) is 7.79. The Hall–Kier alpha value is -2.37. The number of rotatable bonds is 8. The maximum Gasteiger partial charge on any atom is 0.119 e. The van der Waals surface area contributed by atoms with E-state index in [4.69, 9.17) is 27.9 Å². The number of aryl methyl sites for hydroxylation is 1. The van der Waals surface area contributed by atoms with Crippen molar-refractivity contribution in [3.63, 3.8) is 0 Å². The number of fused-ring (bicyclic) bond motifs is 1. The van der Waals surface area contributed by atoms with Crippen molar-refractivity contribution in [1.82, 2.24) is 4.90 Å². The number of alkyl halides is 1. The molecule has 0 bridgehead atoms. The van der Waals surface area contributed by atoms with Crippen LogP contribution in [0.15, 0.2) is 60.7 Å². The van der Waals surface area contributed by atoms with E-state index in [-0.39, 0.29) is 12.8 Å². The van der Waals surface area contributed by atoms with Crippen LogP contribution in [0.1, 0.15) is 67.3 Å². The number of halogens is 3. The second-order valence-corrected chi connectivity index (χ2v) is 12.0. The van der Waals surface area contributed by atoms with Gasteiger partial charge in [-0.25, -0.2) is 0 Å². The van der Waals surface area contributed by atoms with Gasteiger partial charge in [-0.1, -0.05) is 59.6 Å². The lowest BCUT2D eigenvalue weighted by molar-refractivity contribution is 0.0785. The van der Waals surface area contributed by atoms with E-state index in [0.29, 0.717) is 16.5 Å². The van der Waals surface area contributed by atoms with Crippen molar-refractivity contribution in [3.05, 3.63) is 98.5 Å². The van der Waals surface area contributed by atoms with E-state index < -0.39 is 5.60 Å². The summed E-state index contributed by atoms with van der Waals surface area (Å²) in [5, 5.41) is 11.9. The summed E-state index contributed by atoms with van der Waals surface area (Å²) in [6, 6.07) is 20.4. The fourth-order valence-electron chi connectivity index (χ4n) is 5.77. The summed E-state index contributed by atoms with van der Waals surface area (Å²) >= 11 is 13.0. The molecule has 1 saturated heterocycles. The topological polar surface area (TPSA) is 32.7 Å². The van der Waals surface area contributed by atoms with Gasteiger partial charge in [0.15, 0.2) is 0 Å². The minimum atomic E-state index is -0.909. The Kier molecular flexibility index (Phi) is 8.68. The molecule has 2 aliphatic rings. The zero-order valence-electron chi connectivity index (χ0n) is 22.7. The maximum atomic E-state index is 12.6. The molecule has 1 fully saturated rings. The molecule has 1 N–H and O–H groups in total. The highest BCUT2D eigenvalue weighted by molar-refractivity contribution is 6.36. The smallest absolute Gasteiger partial charge is 0.119 e. The molecule has 206 valence electrons. The van der Waals surface area contributed by atoms with Crippen LogP contribution in [0.4, 0.5) is 4.39 Å². The highest BCUT2D eigenvalue weighted by Gasteiger charge is 2.26. The SMILES string of the molecule is CC(C)(O)c1ccc2c(c1)CCCC(c1ccc(Cl)cc1Cl)=C2c1ccc(OC2CCN(CCCF)C2)cc1. The Balaban J connectivity index is 1.52. The molecule has 1 unspecified atom stereocenters. The van der Waals surface area contributed by atoms with E-state index in [1.807, 2.05) is 50.2 Å². The third-order valence-corrected chi connectivity index (χ3v) is 8.34. The van der Waals surface area contributed by atoms with Gasteiger partial charge in [-0.05, 0) is 109 Å². The van der Waals surface area contributed by atoms with Gasteiger partial charge in [0.05, 0.1) is 12.3 Å². The molecule has 0 saturated carbocycles. The van der Waals surface area contributed by atoms with E-state index in [2.05, 4.69) is 29.2 Å². The van der Waals surface area contributed by atoms with Crippen LogP contribution in [0.3, 0.4) is 0 Å². The van der Waals surface area contributed by atoms with Crippen LogP contribution >= 0.6 is 23.2 Å². The number of hydrogen-bond acceptors (Lipinski definition) is 3. The zero-order chi connectivity index (χ0) is 27.6. The average Bonchev–Trinajstić information content (AvgIpc) is 3.26. The van der Waals surface area contributed by atoms with Gasteiger partial charge < -0.3 is 9.84 Å². The first-order valence-corrected chi connectivity index (χ1v) is 14.6. The molecule has 3 aromatic rings. The predicted octanol–water partition coefficient (Wildman–Crippen LogP) is 8.33. The Morgan fingerprint density at radius 1 is 1.00 bits per heavy atom. The molecular weight excluding hydrogens is 532 g/mol.